The molecule has 0 aliphatic heterocycles. The van der Waals surface area contributed by atoms with E-state index in [0.717, 1.165) is 35.6 Å². The summed E-state index contributed by atoms with van der Waals surface area (Å²) in [6.45, 7) is 4.97. The van der Waals surface area contributed by atoms with Crippen LogP contribution in [0, 0.1) is 11.8 Å². The van der Waals surface area contributed by atoms with Crippen molar-refractivity contribution in [1.82, 2.24) is 10.3 Å². The summed E-state index contributed by atoms with van der Waals surface area (Å²) in [6.07, 6.45) is 1.39. The highest BCUT2D eigenvalue weighted by Gasteiger charge is 2.31. The molecular formula is C11H18N2OS. The second kappa shape index (κ2) is 5.05. The summed E-state index contributed by atoms with van der Waals surface area (Å²) in [6, 6.07) is 0. The highest BCUT2D eigenvalue weighted by atomic mass is 32.1. The monoisotopic (exact) mass is 226 g/mol. The fourth-order valence-electron chi connectivity index (χ4n) is 1.69. The lowest BCUT2D eigenvalue weighted by Crippen LogP contribution is -2.17. The normalized spacial score (nSPS) is 24.4. The molecule has 1 N–H and O–H groups in total. The molecule has 0 aromatic carbocycles. The lowest BCUT2D eigenvalue weighted by atomic mass is 10.3. The first kappa shape index (κ1) is 11.0. The van der Waals surface area contributed by atoms with Crippen LogP contribution in [-0.4, -0.2) is 18.6 Å². The van der Waals surface area contributed by atoms with Gasteiger partial charge in [-0.1, -0.05) is 6.92 Å². The van der Waals surface area contributed by atoms with Crippen molar-refractivity contribution in [3.8, 4) is 0 Å². The number of hydrogen-bond donors (Lipinski definition) is 1. The van der Waals surface area contributed by atoms with Gasteiger partial charge in [-0.05, 0) is 24.8 Å². The summed E-state index contributed by atoms with van der Waals surface area (Å²) < 4.78 is 5.04. The molecule has 1 aromatic heterocycles. The largest absolute Gasteiger partial charge is 0.378 e. The number of hydrogen-bond acceptors (Lipinski definition) is 4. The predicted octanol–water partition coefficient (Wildman–Crippen LogP) is 2.04. The van der Waals surface area contributed by atoms with Crippen LogP contribution in [0.4, 0.5) is 0 Å². The van der Waals surface area contributed by atoms with E-state index >= 15 is 0 Å². The van der Waals surface area contributed by atoms with Crippen LogP contribution < -0.4 is 5.32 Å². The van der Waals surface area contributed by atoms with Crippen LogP contribution >= 0.6 is 11.3 Å². The Morgan fingerprint density at radius 3 is 3.13 bits per heavy atom. The summed E-state index contributed by atoms with van der Waals surface area (Å²) in [5, 5.41) is 6.63. The molecule has 1 aromatic rings. The highest BCUT2D eigenvalue weighted by Crippen LogP contribution is 2.36. The van der Waals surface area contributed by atoms with Gasteiger partial charge in [-0.25, -0.2) is 4.98 Å². The average Bonchev–Trinajstić information content (AvgIpc) is 2.74. The van der Waals surface area contributed by atoms with Gasteiger partial charge in [0.1, 0.15) is 5.01 Å². The van der Waals surface area contributed by atoms with Crippen LogP contribution in [0.5, 0.6) is 0 Å². The first-order valence-corrected chi connectivity index (χ1v) is 6.30. The number of ether oxygens (including phenoxy) is 1. The smallest absolute Gasteiger partial charge is 0.119 e. The van der Waals surface area contributed by atoms with Crippen molar-refractivity contribution >= 4 is 11.3 Å². The molecule has 15 heavy (non-hydrogen) atoms. The molecule has 1 aliphatic rings. The summed E-state index contributed by atoms with van der Waals surface area (Å²) in [7, 11) is 1.70. The van der Waals surface area contributed by atoms with Crippen LogP contribution in [0.3, 0.4) is 0 Å². The van der Waals surface area contributed by atoms with E-state index in [0.29, 0.717) is 6.61 Å². The first-order chi connectivity index (χ1) is 7.29. The van der Waals surface area contributed by atoms with Crippen molar-refractivity contribution < 1.29 is 4.74 Å². The molecule has 1 fully saturated rings. The Bertz CT molecular complexity index is 313. The summed E-state index contributed by atoms with van der Waals surface area (Å²) in [5.74, 6) is 1.83. The van der Waals surface area contributed by atoms with Crippen molar-refractivity contribution in [3.05, 3.63) is 16.1 Å². The molecule has 0 amide bonds. The van der Waals surface area contributed by atoms with Gasteiger partial charge in [0.05, 0.1) is 12.3 Å². The number of thiazole rings is 1. The Hall–Kier alpha value is -0.450. The van der Waals surface area contributed by atoms with E-state index in [1.165, 1.54) is 6.42 Å². The van der Waals surface area contributed by atoms with Gasteiger partial charge in [-0.3, -0.25) is 0 Å². The molecule has 1 heterocycles. The molecule has 0 bridgehead atoms. The summed E-state index contributed by atoms with van der Waals surface area (Å²) in [5.41, 5.74) is 1.14. The van der Waals surface area contributed by atoms with Crippen molar-refractivity contribution in [3.63, 3.8) is 0 Å². The topological polar surface area (TPSA) is 34.1 Å². The number of nitrogens with one attached hydrogen (secondary N) is 1. The van der Waals surface area contributed by atoms with Gasteiger partial charge in [0.2, 0.25) is 0 Å². The molecule has 0 spiro atoms. The quantitative estimate of drug-likeness (QED) is 0.806. The number of aromatic nitrogens is 1. The molecule has 0 radical (unpaired) electrons. The predicted molar refractivity (Wildman–Crippen MR) is 61.8 cm³/mol. The van der Waals surface area contributed by atoms with E-state index < -0.39 is 0 Å². The molecular weight excluding hydrogens is 208 g/mol. The second-order valence-electron chi connectivity index (χ2n) is 4.27. The molecule has 4 heteroatoms. The van der Waals surface area contributed by atoms with E-state index in [1.807, 2.05) is 0 Å². The van der Waals surface area contributed by atoms with Crippen LogP contribution in [-0.2, 0) is 17.9 Å². The zero-order valence-corrected chi connectivity index (χ0v) is 10.1. The van der Waals surface area contributed by atoms with Crippen LogP contribution in [0.15, 0.2) is 5.38 Å². The average molecular weight is 226 g/mol. The molecule has 2 atom stereocenters. The first-order valence-electron chi connectivity index (χ1n) is 5.42. The van der Waals surface area contributed by atoms with Gasteiger partial charge in [0, 0.05) is 19.0 Å². The minimum Gasteiger partial charge on any atom is -0.378 e. The Morgan fingerprint density at radius 2 is 2.47 bits per heavy atom. The Balaban J connectivity index is 1.68. The molecule has 1 aliphatic carbocycles. The van der Waals surface area contributed by atoms with Gasteiger partial charge in [0.15, 0.2) is 0 Å². The summed E-state index contributed by atoms with van der Waals surface area (Å²) in [4.78, 5) is 4.47. The summed E-state index contributed by atoms with van der Waals surface area (Å²) >= 11 is 1.67. The van der Waals surface area contributed by atoms with Crippen LogP contribution in [0.2, 0.25) is 0 Å². The SMILES string of the molecule is COCc1nc(CNCC2CC2C)cs1. The number of nitrogens with zero attached hydrogens (tertiary/aromatic N) is 1. The van der Waals surface area contributed by atoms with Crippen LogP contribution in [0.25, 0.3) is 0 Å². The van der Waals surface area contributed by atoms with Crippen molar-refractivity contribution in [2.75, 3.05) is 13.7 Å². The molecule has 2 rings (SSSR count). The van der Waals surface area contributed by atoms with Gasteiger partial charge < -0.3 is 10.1 Å². The van der Waals surface area contributed by atoms with E-state index in [2.05, 4.69) is 22.6 Å². The molecule has 0 saturated heterocycles. The van der Waals surface area contributed by atoms with E-state index in [-0.39, 0.29) is 0 Å². The maximum atomic E-state index is 5.04. The fraction of sp³-hybridized carbons (Fsp3) is 0.727. The molecule has 84 valence electrons. The molecule has 3 nitrogen and oxygen atoms in total. The number of rotatable bonds is 6. The molecule has 1 saturated carbocycles. The third-order valence-electron chi connectivity index (χ3n) is 2.86. The van der Waals surface area contributed by atoms with Gasteiger partial charge in [-0.15, -0.1) is 11.3 Å². The lowest BCUT2D eigenvalue weighted by molar-refractivity contribution is 0.184. The van der Waals surface area contributed by atoms with E-state index in [4.69, 9.17) is 4.74 Å². The fourth-order valence-corrected chi connectivity index (χ4v) is 2.45. The maximum absolute atomic E-state index is 5.04. The van der Waals surface area contributed by atoms with Crippen molar-refractivity contribution in [2.45, 2.75) is 26.5 Å². The minimum atomic E-state index is 0.629. The van der Waals surface area contributed by atoms with E-state index in [1.54, 1.807) is 18.4 Å². The Kier molecular flexibility index (Phi) is 3.72. The van der Waals surface area contributed by atoms with Crippen molar-refractivity contribution in [1.29, 1.82) is 0 Å². The number of methoxy groups -OCH3 is 1. The third kappa shape index (κ3) is 3.26. The van der Waals surface area contributed by atoms with Crippen molar-refractivity contribution in [2.24, 2.45) is 11.8 Å². The molecule has 2 unspecified atom stereocenters. The van der Waals surface area contributed by atoms with E-state index in [9.17, 15) is 0 Å². The lowest BCUT2D eigenvalue weighted by Gasteiger charge is -2.00. The third-order valence-corrected chi connectivity index (χ3v) is 3.73. The second-order valence-corrected chi connectivity index (χ2v) is 5.21. The van der Waals surface area contributed by atoms with Gasteiger partial charge >= 0.3 is 0 Å². The maximum Gasteiger partial charge on any atom is 0.119 e. The van der Waals surface area contributed by atoms with Crippen LogP contribution in [0.1, 0.15) is 24.0 Å². The highest BCUT2D eigenvalue weighted by molar-refractivity contribution is 7.09. The van der Waals surface area contributed by atoms with Gasteiger partial charge in [-0.2, -0.15) is 0 Å². The van der Waals surface area contributed by atoms with Gasteiger partial charge in [0.25, 0.3) is 0 Å². The standard InChI is InChI=1S/C11H18N2OS/c1-8-3-9(8)4-12-5-10-7-15-11(13-10)6-14-2/h7-9,12H,3-6H2,1-2H3. The Labute approximate surface area is 94.9 Å². The zero-order chi connectivity index (χ0) is 10.7. The minimum absolute atomic E-state index is 0.629. The Morgan fingerprint density at radius 1 is 1.67 bits per heavy atom. The zero-order valence-electron chi connectivity index (χ0n) is 9.32.